The molecule has 0 bridgehead atoms. The summed E-state index contributed by atoms with van der Waals surface area (Å²) in [6.45, 7) is 3.02. The molecule has 0 aromatic rings. The van der Waals surface area contributed by atoms with Crippen LogP contribution < -0.4 is 0 Å². The predicted molar refractivity (Wildman–Crippen MR) is 60.3 cm³/mol. The number of rotatable bonds is 2. The quantitative estimate of drug-likeness (QED) is 0.776. The second-order valence-electron chi connectivity index (χ2n) is 4.31. The van der Waals surface area contributed by atoms with Gasteiger partial charge in [-0.25, -0.2) is 9.59 Å². The zero-order chi connectivity index (χ0) is 12.1. The number of amides is 2. The zero-order valence-corrected chi connectivity index (χ0v) is 9.98. The fraction of sp³-hybridized carbons (Fsp3) is 0.818. The third-order valence-electron chi connectivity index (χ3n) is 3.12. The van der Waals surface area contributed by atoms with Gasteiger partial charge in [-0.15, -0.1) is 0 Å². The molecule has 0 radical (unpaired) electrons. The van der Waals surface area contributed by atoms with E-state index in [1.807, 2.05) is 0 Å². The van der Waals surface area contributed by atoms with E-state index in [1.54, 1.807) is 11.9 Å². The van der Waals surface area contributed by atoms with E-state index in [2.05, 4.69) is 0 Å². The number of nitrogens with zero attached hydrogens (tertiary/aromatic N) is 2. The Kier molecular flexibility index (Phi) is 4.58. The molecule has 1 aliphatic heterocycles. The summed E-state index contributed by atoms with van der Waals surface area (Å²) in [5.41, 5.74) is 0. The van der Waals surface area contributed by atoms with Crippen molar-refractivity contribution in [2.24, 2.45) is 0 Å². The smallest absolute Gasteiger partial charge is 0.326 e. The highest BCUT2D eigenvalue weighted by molar-refractivity contribution is 5.82. The highest BCUT2D eigenvalue weighted by Crippen LogP contribution is 2.12. The van der Waals surface area contributed by atoms with E-state index in [-0.39, 0.29) is 6.03 Å². The van der Waals surface area contributed by atoms with Gasteiger partial charge >= 0.3 is 12.0 Å². The van der Waals surface area contributed by atoms with Crippen LogP contribution in [0.2, 0.25) is 0 Å². The molecule has 1 heterocycles. The van der Waals surface area contributed by atoms with Gasteiger partial charge in [-0.05, 0) is 19.8 Å². The van der Waals surface area contributed by atoms with Crippen molar-refractivity contribution in [2.45, 2.75) is 38.6 Å². The molecule has 1 unspecified atom stereocenters. The van der Waals surface area contributed by atoms with Crippen molar-refractivity contribution in [1.82, 2.24) is 9.80 Å². The summed E-state index contributed by atoms with van der Waals surface area (Å²) in [5.74, 6) is -0.967. The first-order valence-corrected chi connectivity index (χ1v) is 5.78. The van der Waals surface area contributed by atoms with Crippen molar-refractivity contribution < 1.29 is 14.7 Å². The lowest BCUT2D eigenvalue weighted by molar-refractivity contribution is -0.141. The Morgan fingerprint density at radius 1 is 1.19 bits per heavy atom. The number of hydrogen-bond acceptors (Lipinski definition) is 2. The van der Waals surface area contributed by atoms with Gasteiger partial charge < -0.3 is 14.9 Å². The standard InChI is InChI=1S/C11H20N2O3/c1-9(10(14)15)12(2)11(16)13-7-5-3-4-6-8-13/h9H,3-8H2,1-2H3,(H,14,15). The number of urea groups is 1. The van der Waals surface area contributed by atoms with Gasteiger partial charge in [-0.3, -0.25) is 0 Å². The van der Waals surface area contributed by atoms with Crippen LogP contribution in [-0.2, 0) is 4.79 Å². The topological polar surface area (TPSA) is 60.9 Å². The van der Waals surface area contributed by atoms with E-state index in [9.17, 15) is 9.59 Å². The third-order valence-corrected chi connectivity index (χ3v) is 3.12. The Morgan fingerprint density at radius 3 is 2.12 bits per heavy atom. The first-order chi connectivity index (χ1) is 7.54. The highest BCUT2D eigenvalue weighted by atomic mass is 16.4. The van der Waals surface area contributed by atoms with Gasteiger partial charge in [0.1, 0.15) is 6.04 Å². The second kappa shape index (κ2) is 5.72. The predicted octanol–water partition coefficient (Wildman–Crippen LogP) is 1.39. The molecule has 2 amide bonds. The summed E-state index contributed by atoms with van der Waals surface area (Å²) in [5, 5.41) is 8.84. The van der Waals surface area contributed by atoms with Gasteiger partial charge in [0.25, 0.3) is 0 Å². The number of carbonyl (C=O) groups is 2. The van der Waals surface area contributed by atoms with E-state index >= 15 is 0 Å². The highest BCUT2D eigenvalue weighted by Gasteiger charge is 2.26. The minimum Gasteiger partial charge on any atom is -0.480 e. The van der Waals surface area contributed by atoms with Crippen LogP contribution in [0.3, 0.4) is 0 Å². The van der Waals surface area contributed by atoms with E-state index in [0.29, 0.717) is 0 Å². The minimum absolute atomic E-state index is 0.170. The summed E-state index contributed by atoms with van der Waals surface area (Å²) in [4.78, 5) is 25.8. The largest absolute Gasteiger partial charge is 0.480 e. The number of likely N-dealkylation sites (N-methyl/N-ethyl adjacent to an activating group) is 1. The fourth-order valence-corrected chi connectivity index (χ4v) is 1.82. The van der Waals surface area contributed by atoms with Crippen molar-refractivity contribution in [3.63, 3.8) is 0 Å². The third kappa shape index (κ3) is 3.12. The molecule has 0 aromatic carbocycles. The van der Waals surface area contributed by atoms with E-state index in [0.717, 1.165) is 38.8 Å². The number of carbonyl (C=O) groups excluding carboxylic acids is 1. The Bertz CT molecular complexity index is 260. The molecule has 1 atom stereocenters. The molecule has 1 aliphatic rings. The van der Waals surface area contributed by atoms with E-state index in [1.165, 1.54) is 11.8 Å². The lowest BCUT2D eigenvalue weighted by Crippen LogP contribution is -2.48. The second-order valence-corrected chi connectivity index (χ2v) is 4.31. The van der Waals surface area contributed by atoms with Crippen molar-refractivity contribution in [1.29, 1.82) is 0 Å². The van der Waals surface area contributed by atoms with E-state index in [4.69, 9.17) is 5.11 Å². The number of carboxylic acid groups (broad SMARTS) is 1. The molecular formula is C11H20N2O3. The van der Waals surface area contributed by atoms with Gasteiger partial charge in [-0.2, -0.15) is 0 Å². The monoisotopic (exact) mass is 228 g/mol. The maximum atomic E-state index is 12.0. The molecule has 92 valence electrons. The van der Waals surface area contributed by atoms with Crippen LogP contribution in [0.4, 0.5) is 4.79 Å². The van der Waals surface area contributed by atoms with Gasteiger partial charge in [-0.1, -0.05) is 12.8 Å². The summed E-state index contributed by atoms with van der Waals surface area (Å²) >= 11 is 0. The minimum atomic E-state index is -0.967. The van der Waals surface area contributed by atoms with Crippen LogP contribution in [0.5, 0.6) is 0 Å². The summed E-state index contributed by atoms with van der Waals surface area (Å²) in [6.07, 6.45) is 4.34. The molecule has 5 nitrogen and oxygen atoms in total. The maximum absolute atomic E-state index is 12.0. The summed E-state index contributed by atoms with van der Waals surface area (Å²) < 4.78 is 0. The van der Waals surface area contributed by atoms with E-state index < -0.39 is 12.0 Å². The maximum Gasteiger partial charge on any atom is 0.326 e. The average molecular weight is 228 g/mol. The van der Waals surface area contributed by atoms with Gasteiger partial charge in [0.2, 0.25) is 0 Å². The molecule has 0 saturated carbocycles. The number of carboxylic acids is 1. The lowest BCUT2D eigenvalue weighted by Gasteiger charge is -2.29. The SMILES string of the molecule is CC(C(=O)O)N(C)C(=O)N1CCCCCC1. The van der Waals surface area contributed by atoms with Crippen molar-refractivity contribution >= 4 is 12.0 Å². The normalized spacial score (nSPS) is 18.8. The molecule has 1 N–H and O–H groups in total. The Hall–Kier alpha value is -1.26. The molecule has 1 rings (SSSR count). The molecular weight excluding hydrogens is 208 g/mol. The van der Waals surface area contributed by atoms with Crippen molar-refractivity contribution in [3.8, 4) is 0 Å². The van der Waals surface area contributed by atoms with Crippen LogP contribution in [-0.4, -0.2) is 53.1 Å². The molecule has 0 aromatic heterocycles. The van der Waals surface area contributed by atoms with Crippen molar-refractivity contribution in [3.05, 3.63) is 0 Å². The molecule has 1 fully saturated rings. The Morgan fingerprint density at radius 2 is 1.69 bits per heavy atom. The number of aliphatic carboxylic acids is 1. The van der Waals surface area contributed by atoms with Gasteiger partial charge in [0.05, 0.1) is 0 Å². The molecule has 1 saturated heterocycles. The number of likely N-dealkylation sites (tertiary alicyclic amines) is 1. The lowest BCUT2D eigenvalue weighted by atomic mass is 10.2. The first kappa shape index (κ1) is 12.8. The molecule has 0 aliphatic carbocycles. The van der Waals surface area contributed by atoms with Crippen molar-refractivity contribution in [2.75, 3.05) is 20.1 Å². The first-order valence-electron chi connectivity index (χ1n) is 5.78. The molecule has 5 heteroatoms. The van der Waals surface area contributed by atoms with Crippen LogP contribution in [0.1, 0.15) is 32.6 Å². The zero-order valence-electron chi connectivity index (χ0n) is 9.98. The number of hydrogen-bond donors (Lipinski definition) is 1. The van der Waals surface area contributed by atoms with Gasteiger partial charge in [0.15, 0.2) is 0 Å². The summed E-state index contributed by atoms with van der Waals surface area (Å²) in [6, 6.07) is -0.937. The van der Waals surface area contributed by atoms with Crippen LogP contribution >= 0.6 is 0 Å². The Labute approximate surface area is 96.0 Å². The molecule has 16 heavy (non-hydrogen) atoms. The van der Waals surface area contributed by atoms with Gasteiger partial charge in [0, 0.05) is 20.1 Å². The van der Waals surface area contributed by atoms with Crippen LogP contribution in [0.15, 0.2) is 0 Å². The summed E-state index contributed by atoms with van der Waals surface area (Å²) in [7, 11) is 1.55. The fourth-order valence-electron chi connectivity index (χ4n) is 1.82. The van der Waals surface area contributed by atoms with Crippen LogP contribution in [0, 0.1) is 0 Å². The van der Waals surface area contributed by atoms with Crippen LogP contribution in [0.25, 0.3) is 0 Å². The average Bonchev–Trinajstić information content (AvgIpc) is 2.54. The molecule has 0 spiro atoms. The Balaban J connectivity index is 2.57.